The Kier molecular flexibility index (Phi) is 5.06. The number of halogens is 2. The lowest BCUT2D eigenvalue weighted by atomic mass is 10.0. The summed E-state index contributed by atoms with van der Waals surface area (Å²) in [6, 6.07) is 5.29. The van der Waals surface area contributed by atoms with Crippen molar-refractivity contribution in [1.29, 1.82) is 0 Å². The van der Waals surface area contributed by atoms with Crippen LogP contribution in [-0.4, -0.2) is 30.6 Å². The van der Waals surface area contributed by atoms with Gasteiger partial charge in [0.15, 0.2) is 0 Å². The molecule has 0 amide bonds. The SMILES string of the molecule is CC(C)CN1CCC(Nc2ccc(F)c(Cl)c2)CC1. The van der Waals surface area contributed by atoms with Crippen LogP contribution in [0.15, 0.2) is 18.2 Å². The van der Waals surface area contributed by atoms with Gasteiger partial charge < -0.3 is 10.2 Å². The highest BCUT2D eigenvalue weighted by Crippen LogP contribution is 2.22. The second kappa shape index (κ2) is 6.58. The molecule has 1 N–H and O–H groups in total. The zero-order chi connectivity index (χ0) is 13.8. The van der Waals surface area contributed by atoms with Crippen molar-refractivity contribution >= 4 is 17.3 Å². The molecule has 106 valence electrons. The van der Waals surface area contributed by atoms with Gasteiger partial charge in [-0.1, -0.05) is 25.4 Å². The average molecular weight is 285 g/mol. The summed E-state index contributed by atoms with van der Waals surface area (Å²) in [5.74, 6) is 0.361. The molecule has 1 aliphatic heterocycles. The number of likely N-dealkylation sites (tertiary alicyclic amines) is 1. The number of anilines is 1. The van der Waals surface area contributed by atoms with Gasteiger partial charge in [-0.3, -0.25) is 0 Å². The predicted octanol–water partition coefficient (Wildman–Crippen LogP) is 4.01. The lowest BCUT2D eigenvalue weighted by molar-refractivity contribution is 0.198. The summed E-state index contributed by atoms with van der Waals surface area (Å²) in [7, 11) is 0. The van der Waals surface area contributed by atoms with Crippen LogP contribution in [0.3, 0.4) is 0 Å². The van der Waals surface area contributed by atoms with E-state index in [1.54, 1.807) is 12.1 Å². The largest absolute Gasteiger partial charge is 0.382 e. The molecule has 0 aliphatic carbocycles. The molecule has 1 heterocycles. The van der Waals surface area contributed by atoms with E-state index in [-0.39, 0.29) is 10.8 Å². The number of piperidine rings is 1. The Bertz CT molecular complexity index is 415. The van der Waals surface area contributed by atoms with Crippen molar-refractivity contribution in [2.24, 2.45) is 5.92 Å². The minimum Gasteiger partial charge on any atom is -0.382 e. The molecule has 0 atom stereocenters. The van der Waals surface area contributed by atoms with Crippen LogP contribution in [0, 0.1) is 11.7 Å². The minimum absolute atomic E-state index is 0.183. The minimum atomic E-state index is -0.362. The lowest BCUT2D eigenvalue weighted by Gasteiger charge is -2.33. The van der Waals surface area contributed by atoms with E-state index in [0.717, 1.165) is 37.5 Å². The van der Waals surface area contributed by atoms with Gasteiger partial charge >= 0.3 is 0 Å². The molecule has 0 aromatic heterocycles. The van der Waals surface area contributed by atoms with Gasteiger partial charge in [0.05, 0.1) is 5.02 Å². The van der Waals surface area contributed by atoms with E-state index in [0.29, 0.717) is 6.04 Å². The van der Waals surface area contributed by atoms with Crippen LogP contribution in [0.2, 0.25) is 5.02 Å². The van der Waals surface area contributed by atoms with Crippen LogP contribution in [0.4, 0.5) is 10.1 Å². The van der Waals surface area contributed by atoms with Crippen LogP contribution >= 0.6 is 11.6 Å². The summed E-state index contributed by atoms with van der Waals surface area (Å²) in [5.41, 5.74) is 0.911. The number of nitrogens with zero attached hydrogens (tertiary/aromatic N) is 1. The third kappa shape index (κ3) is 4.36. The highest BCUT2D eigenvalue weighted by atomic mass is 35.5. The van der Waals surface area contributed by atoms with Crippen molar-refractivity contribution in [3.8, 4) is 0 Å². The van der Waals surface area contributed by atoms with E-state index in [9.17, 15) is 4.39 Å². The van der Waals surface area contributed by atoms with Crippen LogP contribution in [0.25, 0.3) is 0 Å². The Morgan fingerprint density at radius 2 is 2.05 bits per heavy atom. The zero-order valence-electron chi connectivity index (χ0n) is 11.6. The standard InChI is InChI=1S/C15H22ClFN2/c1-11(2)10-19-7-5-12(6-8-19)18-13-3-4-15(17)14(16)9-13/h3-4,9,11-12,18H,5-8,10H2,1-2H3. The van der Waals surface area contributed by atoms with Gasteiger partial charge in [-0.05, 0) is 37.0 Å². The maximum atomic E-state index is 13.1. The smallest absolute Gasteiger partial charge is 0.141 e. The van der Waals surface area contributed by atoms with Gasteiger partial charge in [0.25, 0.3) is 0 Å². The first-order valence-electron chi connectivity index (χ1n) is 6.98. The number of rotatable bonds is 4. The Hall–Kier alpha value is -0.800. The van der Waals surface area contributed by atoms with Crippen molar-refractivity contribution in [1.82, 2.24) is 4.90 Å². The fourth-order valence-corrected chi connectivity index (χ4v) is 2.78. The lowest BCUT2D eigenvalue weighted by Crippen LogP contribution is -2.40. The number of hydrogen-bond donors (Lipinski definition) is 1. The molecule has 1 aromatic carbocycles. The highest BCUT2D eigenvalue weighted by molar-refractivity contribution is 6.31. The molecule has 0 unspecified atom stereocenters. The van der Waals surface area contributed by atoms with E-state index < -0.39 is 0 Å². The van der Waals surface area contributed by atoms with E-state index in [4.69, 9.17) is 11.6 Å². The molecule has 1 fully saturated rings. The number of nitrogens with one attached hydrogen (secondary N) is 1. The Labute approximate surface area is 119 Å². The third-order valence-corrected chi connectivity index (χ3v) is 3.79. The van der Waals surface area contributed by atoms with E-state index in [1.165, 1.54) is 12.6 Å². The first-order chi connectivity index (χ1) is 9.04. The second-order valence-electron chi connectivity index (χ2n) is 5.74. The van der Waals surface area contributed by atoms with Gasteiger partial charge in [0.1, 0.15) is 5.82 Å². The van der Waals surface area contributed by atoms with Crippen LogP contribution in [-0.2, 0) is 0 Å². The van der Waals surface area contributed by atoms with Gasteiger partial charge in [-0.25, -0.2) is 4.39 Å². The molecule has 2 nitrogen and oxygen atoms in total. The quantitative estimate of drug-likeness (QED) is 0.899. The molecule has 1 saturated heterocycles. The van der Waals surface area contributed by atoms with E-state index in [2.05, 4.69) is 24.1 Å². The maximum absolute atomic E-state index is 13.1. The highest BCUT2D eigenvalue weighted by Gasteiger charge is 2.19. The Balaban J connectivity index is 1.83. The molecule has 0 saturated carbocycles. The van der Waals surface area contributed by atoms with Crippen molar-refractivity contribution < 1.29 is 4.39 Å². The van der Waals surface area contributed by atoms with Crippen LogP contribution in [0.1, 0.15) is 26.7 Å². The first-order valence-corrected chi connectivity index (χ1v) is 7.36. The monoisotopic (exact) mass is 284 g/mol. The normalized spacial score (nSPS) is 17.9. The summed E-state index contributed by atoms with van der Waals surface area (Å²) in [5, 5.41) is 3.63. The molecule has 19 heavy (non-hydrogen) atoms. The van der Waals surface area contributed by atoms with Gasteiger partial charge in [0, 0.05) is 31.4 Å². The number of benzene rings is 1. The van der Waals surface area contributed by atoms with E-state index in [1.807, 2.05) is 0 Å². The van der Waals surface area contributed by atoms with Crippen molar-refractivity contribution in [2.75, 3.05) is 25.0 Å². The molecule has 1 aliphatic rings. The Morgan fingerprint density at radius 3 is 2.63 bits per heavy atom. The summed E-state index contributed by atoms with van der Waals surface area (Å²) in [6.07, 6.45) is 2.25. The molecule has 2 rings (SSSR count). The third-order valence-electron chi connectivity index (χ3n) is 3.50. The van der Waals surface area contributed by atoms with Crippen LogP contribution in [0.5, 0.6) is 0 Å². The summed E-state index contributed by atoms with van der Waals surface area (Å²) >= 11 is 5.79. The van der Waals surface area contributed by atoms with Gasteiger partial charge in [-0.2, -0.15) is 0 Å². The molecule has 0 radical (unpaired) electrons. The Morgan fingerprint density at radius 1 is 1.37 bits per heavy atom. The fraction of sp³-hybridized carbons (Fsp3) is 0.600. The first kappa shape index (κ1) is 14.6. The summed E-state index contributed by atoms with van der Waals surface area (Å²) in [6.45, 7) is 7.94. The van der Waals surface area contributed by atoms with Gasteiger partial charge in [0.2, 0.25) is 0 Å². The van der Waals surface area contributed by atoms with Gasteiger partial charge in [-0.15, -0.1) is 0 Å². The topological polar surface area (TPSA) is 15.3 Å². The zero-order valence-corrected chi connectivity index (χ0v) is 12.4. The second-order valence-corrected chi connectivity index (χ2v) is 6.15. The maximum Gasteiger partial charge on any atom is 0.141 e. The van der Waals surface area contributed by atoms with E-state index >= 15 is 0 Å². The molecule has 0 bridgehead atoms. The molecule has 0 spiro atoms. The average Bonchev–Trinajstić information content (AvgIpc) is 2.36. The summed E-state index contributed by atoms with van der Waals surface area (Å²) in [4.78, 5) is 2.51. The van der Waals surface area contributed by atoms with Crippen molar-refractivity contribution in [2.45, 2.75) is 32.7 Å². The molecular formula is C15H22ClFN2. The molecule has 1 aromatic rings. The summed E-state index contributed by atoms with van der Waals surface area (Å²) < 4.78 is 13.1. The number of hydrogen-bond acceptors (Lipinski definition) is 2. The molecular weight excluding hydrogens is 263 g/mol. The predicted molar refractivity (Wildman–Crippen MR) is 79.3 cm³/mol. The van der Waals surface area contributed by atoms with Crippen molar-refractivity contribution in [3.63, 3.8) is 0 Å². The van der Waals surface area contributed by atoms with Crippen molar-refractivity contribution in [3.05, 3.63) is 29.0 Å². The molecule has 4 heteroatoms. The fourth-order valence-electron chi connectivity index (χ4n) is 2.60. The van der Waals surface area contributed by atoms with Crippen LogP contribution < -0.4 is 5.32 Å².